The molecule has 1 saturated carbocycles. The van der Waals surface area contributed by atoms with Gasteiger partial charge >= 0.3 is 5.97 Å². The summed E-state index contributed by atoms with van der Waals surface area (Å²) in [4.78, 5) is 22.0. The number of tetrazole rings is 1. The van der Waals surface area contributed by atoms with Gasteiger partial charge in [-0.1, -0.05) is 11.8 Å². The molecule has 9 heteroatoms. The van der Waals surface area contributed by atoms with E-state index >= 15 is 0 Å². The standard InChI is InChI=1S/C9H13N5O3S/c15-7(10-3-6-1-2-6)5-18-9-11-12-13-14(9)4-8(16)17/h6H,1-5H2,(H,10,15)(H,16,17). The molecule has 1 heterocycles. The molecule has 0 saturated heterocycles. The highest BCUT2D eigenvalue weighted by atomic mass is 32.2. The molecule has 8 nitrogen and oxygen atoms in total. The number of amides is 1. The van der Waals surface area contributed by atoms with Gasteiger partial charge in [0.15, 0.2) is 0 Å². The summed E-state index contributed by atoms with van der Waals surface area (Å²) >= 11 is 1.13. The monoisotopic (exact) mass is 271 g/mol. The highest BCUT2D eigenvalue weighted by Gasteiger charge is 2.21. The van der Waals surface area contributed by atoms with Gasteiger partial charge in [0.1, 0.15) is 6.54 Å². The Kier molecular flexibility index (Phi) is 4.13. The number of nitrogens with zero attached hydrogens (tertiary/aromatic N) is 4. The number of aromatic nitrogens is 4. The summed E-state index contributed by atoms with van der Waals surface area (Å²) in [6.45, 7) is 0.415. The smallest absolute Gasteiger partial charge is 0.325 e. The third-order valence-corrected chi connectivity index (χ3v) is 3.36. The van der Waals surface area contributed by atoms with E-state index in [1.165, 1.54) is 12.8 Å². The molecule has 98 valence electrons. The maximum atomic E-state index is 11.5. The summed E-state index contributed by atoms with van der Waals surface area (Å²) in [6.07, 6.45) is 2.37. The van der Waals surface area contributed by atoms with E-state index in [4.69, 9.17) is 5.11 Å². The van der Waals surface area contributed by atoms with Crippen molar-refractivity contribution >= 4 is 23.6 Å². The minimum Gasteiger partial charge on any atom is -0.480 e. The topological polar surface area (TPSA) is 110 Å². The van der Waals surface area contributed by atoms with E-state index in [-0.39, 0.29) is 18.2 Å². The van der Waals surface area contributed by atoms with Crippen LogP contribution in [0.4, 0.5) is 0 Å². The molecule has 2 N–H and O–H groups in total. The lowest BCUT2D eigenvalue weighted by Gasteiger charge is -2.03. The molecule has 0 unspecified atom stereocenters. The zero-order chi connectivity index (χ0) is 13.0. The minimum absolute atomic E-state index is 0.0863. The second kappa shape index (κ2) is 5.80. The van der Waals surface area contributed by atoms with E-state index in [0.29, 0.717) is 11.1 Å². The van der Waals surface area contributed by atoms with Crippen molar-refractivity contribution in [2.45, 2.75) is 24.5 Å². The molecule has 1 aromatic heterocycles. The summed E-state index contributed by atoms with van der Waals surface area (Å²) in [7, 11) is 0. The van der Waals surface area contributed by atoms with Gasteiger partial charge in [-0.25, -0.2) is 4.68 Å². The fraction of sp³-hybridized carbons (Fsp3) is 0.667. The molecular formula is C9H13N5O3S. The highest BCUT2D eigenvalue weighted by Crippen LogP contribution is 2.27. The summed E-state index contributed by atoms with van der Waals surface area (Å²) < 4.78 is 1.15. The van der Waals surface area contributed by atoms with E-state index in [9.17, 15) is 9.59 Å². The van der Waals surface area contributed by atoms with E-state index in [0.717, 1.165) is 23.0 Å². The average molecular weight is 271 g/mol. The van der Waals surface area contributed by atoms with Gasteiger partial charge in [-0.15, -0.1) is 5.10 Å². The van der Waals surface area contributed by atoms with Crippen molar-refractivity contribution in [3.8, 4) is 0 Å². The predicted molar refractivity (Wildman–Crippen MR) is 61.9 cm³/mol. The summed E-state index contributed by atoms with van der Waals surface area (Å²) in [6, 6.07) is 0. The van der Waals surface area contributed by atoms with Crippen LogP contribution in [-0.4, -0.2) is 49.5 Å². The maximum absolute atomic E-state index is 11.5. The molecule has 1 aromatic rings. The van der Waals surface area contributed by atoms with Crippen LogP contribution in [0.25, 0.3) is 0 Å². The SMILES string of the molecule is O=C(O)Cn1nnnc1SCC(=O)NCC1CC1. The molecule has 0 spiro atoms. The predicted octanol–water partition coefficient (Wildman–Crippen LogP) is -0.624. The molecule has 1 fully saturated rings. The van der Waals surface area contributed by atoms with Crippen LogP contribution >= 0.6 is 11.8 Å². The average Bonchev–Trinajstić information content (AvgIpc) is 3.05. The van der Waals surface area contributed by atoms with Gasteiger partial charge in [-0.05, 0) is 29.2 Å². The van der Waals surface area contributed by atoms with Crippen LogP contribution in [0.1, 0.15) is 12.8 Å². The maximum Gasteiger partial charge on any atom is 0.325 e. The number of carboxylic acids is 1. The van der Waals surface area contributed by atoms with Crippen molar-refractivity contribution in [2.75, 3.05) is 12.3 Å². The number of aliphatic carboxylic acids is 1. The summed E-state index contributed by atoms with van der Waals surface area (Å²) in [5, 5.41) is 22.4. The molecule has 2 rings (SSSR count). The minimum atomic E-state index is -1.03. The fourth-order valence-electron chi connectivity index (χ4n) is 1.29. The molecule has 1 aliphatic rings. The summed E-state index contributed by atoms with van der Waals surface area (Å²) in [5.74, 6) is -0.289. The number of carboxylic acid groups (broad SMARTS) is 1. The van der Waals surface area contributed by atoms with Gasteiger partial charge in [0.25, 0.3) is 0 Å². The number of hydrogen-bond donors (Lipinski definition) is 2. The first-order valence-electron chi connectivity index (χ1n) is 5.52. The third kappa shape index (κ3) is 3.99. The van der Waals surface area contributed by atoms with Gasteiger partial charge < -0.3 is 10.4 Å². The molecule has 0 aromatic carbocycles. The quantitative estimate of drug-likeness (QED) is 0.636. The Morgan fingerprint density at radius 3 is 2.94 bits per heavy atom. The van der Waals surface area contributed by atoms with Gasteiger partial charge in [0.2, 0.25) is 11.1 Å². The number of hydrogen-bond acceptors (Lipinski definition) is 6. The zero-order valence-electron chi connectivity index (χ0n) is 9.57. The lowest BCUT2D eigenvalue weighted by Crippen LogP contribution is -2.27. The van der Waals surface area contributed by atoms with Crippen molar-refractivity contribution in [1.82, 2.24) is 25.5 Å². The van der Waals surface area contributed by atoms with Crippen molar-refractivity contribution in [3.63, 3.8) is 0 Å². The van der Waals surface area contributed by atoms with Crippen molar-refractivity contribution < 1.29 is 14.7 Å². The van der Waals surface area contributed by atoms with Gasteiger partial charge in [-0.3, -0.25) is 9.59 Å². The van der Waals surface area contributed by atoms with E-state index in [2.05, 4.69) is 20.8 Å². The Morgan fingerprint density at radius 1 is 1.50 bits per heavy atom. The third-order valence-electron chi connectivity index (χ3n) is 2.40. The van der Waals surface area contributed by atoms with Crippen molar-refractivity contribution in [1.29, 1.82) is 0 Å². The summed E-state index contributed by atoms with van der Waals surface area (Å²) in [5.41, 5.74) is 0. The second-order valence-corrected chi connectivity index (χ2v) is 4.99. The largest absolute Gasteiger partial charge is 0.480 e. The van der Waals surface area contributed by atoms with Crippen molar-refractivity contribution in [3.05, 3.63) is 0 Å². The number of nitrogens with one attached hydrogen (secondary N) is 1. The number of carbonyl (C=O) groups excluding carboxylic acids is 1. The Labute approximate surface area is 107 Å². The van der Waals surface area contributed by atoms with Crippen LogP contribution in [0.5, 0.6) is 0 Å². The van der Waals surface area contributed by atoms with Gasteiger partial charge in [-0.2, -0.15) is 0 Å². The number of thioether (sulfide) groups is 1. The van der Waals surface area contributed by atoms with Crippen LogP contribution < -0.4 is 5.32 Å². The zero-order valence-corrected chi connectivity index (χ0v) is 10.4. The molecule has 18 heavy (non-hydrogen) atoms. The van der Waals surface area contributed by atoms with Gasteiger partial charge in [0.05, 0.1) is 5.75 Å². The van der Waals surface area contributed by atoms with E-state index in [1.807, 2.05) is 0 Å². The molecule has 0 atom stereocenters. The molecule has 1 aliphatic carbocycles. The Hall–Kier alpha value is -1.64. The number of carbonyl (C=O) groups is 2. The molecule has 0 aliphatic heterocycles. The van der Waals surface area contributed by atoms with Crippen LogP contribution in [0.15, 0.2) is 5.16 Å². The van der Waals surface area contributed by atoms with Crippen molar-refractivity contribution in [2.24, 2.45) is 5.92 Å². The molecule has 1 amide bonds. The fourth-order valence-corrected chi connectivity index (χ4v) is 2.00. The highest BCUT2D eigenvalue weighted by molar-refractivity contribution is 7.99. The second-order valence-electron chi connectivity index (χ2n) is 4.05. The Balaban J connectivity index is 1.76. The van der Waals surface area contributed by atoms with Crippen LogP contribution in [-0.2, 0) is 16.1 Å². The van der Waals surface area contributed by atoms with Gasteiger partial charge in [0, 0.05) is 6.54 Å². The molecule has 0 bridgehead atoms. The first-order chi connectivity index (χ1) is 8.65. The molecule has 0 radical (unpaired) electrons. The lowest BCUT2D eigenvalue weighted by atomic mass is 10.4. The van der Waals surface area contributed by atoms with Crippen LogP contribution in [0, 0.1) is 5.92 Å². The van der Waals surface area contributed by atoms with Crippen LogP contribution in [0.2, 0.25) is 0 Å². The number of rotatable bonds is 7. The first-order valence-corrected chi connectivity index (χ1v) is 6.51. The molecular weight excluding hydrogens is 258 g/mol. The normalized spacial score (nSPS) is 14.4. The lowest BCUT2D eigenvalue weighted by molar-refractivity contribution is -0.138. The Morgan fingerprint density at radius 2 is 2.28 bits per heavy atom. The van der Waals surface area contributed by atoms with E-state index < -0.39 is 5.97 Å². The first kappa shape index (κ1) is 12.8. The Bertz CT molecular complexity index is 445. The van der Waals surface area contributed by atoms with E-state index in [1.54, 1.807) is 0 Å². The van der Waals surface area contributed by atoms with Crippen LogP contribution in [0.3, 0.4) is 0 Å².